The van der Waals surface area contributed by atoms with Gasteiger partial charge in [0, 0.05) is 18.3 Å². The van der Waals surface area contributed by atoms with E-state index in [4.69, 9.17) is 0 Å². The number of carbonyl (C=O) groups is 1. The number of nitrogens with one attached hydrogen (secondary N) is 1. The molecule has 1 aromatic carbocycles. The zero-order chi connectivity index (χ0) is 16.6. The molecule has 0 saturated carbocycles. The number of imidazole rings is 1. The van der Waals surface area contributed by atoms with Crippen LogP contribution in [0.25, 0.3) is 5.65 Å². The molecule has 0 aliphatic carbocycles. The van der Waals surface area contributed by atoms with Crippen LogP contribution in [0.15, 0.2) is 36.5 Å². The standard InChI is InChI=1S/C17H15F2N3O/c1-10-6-7-15-21-11(2)16(22(15)9-10)17(23)20-8-12-13(18)4-3-5-14(12)19/h3-7,9H,8H2,1-2H3,(H,20,23). The topological polar surface area (TPSA) is 46.4 Å². The fourth-order valence-electron chi connectivity index (χ4n) is 2.50. The molecule has 0 aliphatic heterocycles. The third-order valence-electron chi connectivity index (χ3n) is 3.64. The van der Waals surface area contributed by atoms with Gasteiger partial charge in [-0.25, -0.2) is 13.8 Å². The molecule has 0 fully saturated rings. The lowest BCUT2D eigenvalue weighted by atomic mass is 10.2. The Morgan fingerprint density at radius 1 is 1.17 bits per heavy atom. The van der Waals surface area contributed by atoms with Gasteiger partial charge in [-0.15, -0.1) is 0 Å². The number of carbonyl (C=O) groups excluding carboxylic acids is 1. The molecule has 0 aliphatic rings. The second-order valence-corrected chi connectivity index (χ2v) is 5.36. The maximum atomic E-state index is 13.6. The van der Waals surface area contributed by atoms with Gasteiger partial charge in [0.2, 0.25) is 0 Å². The highest BCUT2D eigenvalue weighted by molar-refractivity contribution is 5.94. The van der Waals surface area contributed by atoms with Crippen LogP contribution in [0.3, 0.4) is 0 Å². The van der Waals surface area contributed by atoms with Crippen LogP contribution in [-0.2, 0) is 6.54 Å². The Morgan fingerprint density at radius 2 is 1.87 bits per heavy atom. The number of halogens is 2. The van der Waals surface area contributed by atoms with E-state index in [-0.39, 0.29) is 12.1 Å². The summed E-state index contributed by atoms with van der Waals surface area (Å²) in [7, 11) is 0. The lowest BCUT2D eigenvalue weighted by Gasteiger charge is -2.08. The molecule has 3 aromatic rings. The quantitative estimate of drug-likeness (QED) is 0.807. The SMILES string of the molecule is Cc1ccc2nc(C)c(C(=O)NCc3c(F)cccc3F)n2c1. The van der Waals surface area contributed by atoms with E-state index in [0.717, 1.165) is 17.7 Å². The van der Waals surface area contributed by atoms with Crippen LogP contribution in [0, 0.1) is 25.5 Å². The Balaban J connectivity index is 1.89. The Kier molecular flexibility index (Phi) is 3.82. The van der Waals surface area contributed by atoms with Gasteiger partial charge in [-0.1, -0.05) is 12.1 Å². The molecule has 0 bridgehead atoms. The Labute approximate surface area is 131 Å². The molecule has 3 rings (SSSR count). The summed E-state index contributed by atoms with van der Waals surface area (Å²) in [5, 5.41) is 2.56. The molecule has 0 unspecified atom stereocenters. The molecule has 0 spiro atoms. The van der Waals surface area contributed by atoms with Crippen molar-refractivity contribution in [1.82, 2.24) is 14.7 Å². The minimum atomic E-state index is -0.684. The first-order chi connectivity index (χ1) is 11.0. The first-order valence-corrected chi connectivity index (χ1v) is 7.14. The van der Waals surface area contributed by atoms with Crippen molar-refractivity contribution >= 4 is 11.6 Å². The van der Waals surface area contributed by atoms with Crippen molar-refractivity contribution in [2.75, 3.05) is 0 Å². The number of pyridine rings is 1. The van der Waals surface area contributed by atoms with Gasteiger partial charge in [0.15, 0.2) is 0 Å². The molecular formula is C17H15F2N3O. The first kappa shape index (κ1) is 15.1. The van der Waals surface area contributed by atoms with Gasteiger partial charge in [-0.3, -0.25) is 9.20 Å². The van der Waals surface area contributed by atoms with Gasteiger partial charge >= 0.3 is 0 Å². The van der Waals surface area contributed by atoms with E-state index >= 15 is 0 Å². The fourth-order valence-corrected chi connectivity index (χ4v) is 2.50. The third-order valence-corrected chi connectivity index (χ3v) is 3.64. The van der Waals surface area contributed by atoms with E-state index in [1.807, 2.05) is 19.1 Å². The lowest BCUT2D eigenvalue weighted by Crippen LogP contribution is -2.26. The molecule has 0 atom stereocenters. The summed E-state index contributed by atoms with van der Waals surface area (Å²) in [5.41, 5.74) is 2.38. The van der Waals surface area contributed by atoms with Crippen LogP contribution in [0.1, 0.15) is 27.3 Å². The van der Waals surface area contributed by atoms with E-state index < -0.39 is 17.5 Å². The van der Waals surface area contributed by atoms with Crippen molar-refractivity contribution < 1.29 is 13.6 Å². The summed E-state index contributed by atoms with van der Waals surface area (Å²) >= 11 is 0. The van der Waals surface area contributed by atoms with Gasteiger partial charge in [-0.05, 0) is 37.6 Å². The smallest absolute Gasteiger partial charge is 0.270 e. The number of rotatable bonds is 3. The number of fused-ring (bicyclic) bond motifs is 1. The molecule has 23 heavy (non-hydrogen) atoms. The second-order valence-electron chi connectivity index (χ2n) is 5.36. The molecule has 0 saturated heterocycles. The molecule has 2 heterocycles. The highest BCUT2D eigenvalue weighted by Crippen LogP contribution is 2.15. The van der Waals surface area contributed by atoms with Crippen LogP contribution >= 0.6 is 0 Å². The largest absolute Gasteiger partial charge is 0.346 e. The monoisotopic (exact) mass is 315 g/mol. The van der Waals surface area contributed by atoms with E-state index in [0.29, 0.717) is 17.0 Å². The fraction of sp³-hybridized carbons (Fsp3) is 0.176. The summed E-state index contributed by atoms with van der Waals surface area (Å²) < 4.78 is 28.9. The van der Waals surface area contributed by atoms with Crippen LogP contribution in [-0.4, -0.2) is 15.3 Å². The van der Waals surface area contributed by atoms with Gasteiger partial charge < -0.3 is 5.32 Å². The predicted octanol–water partition coefficient (Wildman–Crippen LogP) is 3.16. The number of amides is 1. The Bertz CT molecular complexity index is 882. The van der Waals surface area contributed by atoms with E-state index in [9.17, 15) is 13.6 Å². The van der Waals surface area contributed by atoms with Gasteiger partial charge in [0.25, 0.3) is 5.91 Å². The van der Waals surface area contributed by atoms with E-state index in [2.05, 4.69) is 10.3 Å². The lowest BCUT2D eigenvalue weighted by molar-refractivity contribution is 0.0943. The maximum absolute atomic E-state index is 13.6. The van der Waals surface area contributed by atoms with Crippen molar-refractivity contribution in [3.05, 3.63) is 70.7 Å². The number of hydrogen-bond acceptors (Lipinski definition) is 2. The number of benzene rings is 1. The molecule has 4 nitrogen and oxygen atoms in total. The van der Waals surface area contributed by atoms with Crippen molar-refractivity contribution in [3.63, 3.8) is 0 Å². The van der Waals surface area contributed by atoms with Crippen molar-refractivity contribution in [3.8, 4) is 0 Å². The average Bonchev–Trinajstić information content (AvgIpc) is 2.81. The third kappa shape index (κ3) is 2.79. The molecule has 1 N–H and O–H groups in total. The van der Waals surface area contributed by atoms with E-state index in [1.165, 1.54) is 6.07 Å². The van der Waals surface area contributed by atoms with Crippen molar-refractivity contribution in [2.24, 2.45) is 0 Å². The number of aryl methyl sites for hydroxylation is 2. The summed E-state index contributed by atoms with van der Waals surface area (Å²) in [4.78, 5) is 16.8. The van der Waals surface area contributed by atoms with Gasteiger partial charge in [0.05, 0.1) is 5.69 Å². The summed E-state index contributed by atoms with van der Waals surface area (Å²) in [6.45, 7) is 3.40. The van der Waals surface area contributed by atoms with E-state index in [1.54, 1.807) is 17.5 Å². The summed E-state index contributed by atoms with van der Waals surface area (Å²) in [6, 6.07) is 7.32. The molecule has 1 amide bonds. The van der Waals surface area contributed by atoms with Crippen LogP contribution < -0.4 is 5.32 Å². The zero-order valence-electron chi connectivity index (χ0n) is 12.7. The molecule has 0 radical (unpaired) electrons. The zero-order valence-corrected chi connectivity index (χ0v) is 12.7. The number of hydrogen-bond donors (Lipinski definition) is 1. The molecule has 118 valence electrons. The Morgan fingerprint density at radius 3 is 2.57 bits per heavy atom. The van der Waals surface area contributed by atoms with Crippen LogP contribution in [0.2, 0.25) is 0 Å². The Hall–Kier alpha value is -2.76. The second kappa shape index (κ2) is 5.79. The minimum absolute atomic E-state index is 0.163. The first-order valence-electron chi connectivity index (χ1n) is 7.14. The van der Waals surface area contributed by atoms with Gasteiger partial charge in [-0.2, -0.15) is 0 Å². The molecule has 6 heteroatoms. The van der Waals surface area contributed by atoms with Crippen LogP contribution in [0.5, 0.6) is 0 Å². The van der Waals surface area contributed by atoms with Crippen LogP contribution in [0.4, 0.5) is 8.78 Å². The highest BCUT2D eigenvalue weighted by atomic mass is 19.1. The summed E-state index contributed by atoms with van der Waals surface area (Å²) in [6.07, 6.45) is 1.80. The number of aromatic nitrogens is 2. The van der Waals surface area contributed by atoms with Crippen molar-refractivity contribution in [2.45, 2.75) is 20.4 Å². The highest BCUT2D eigenvalue weighted by Gasteiger charge is 2.17. The summed E-state index contributed by atoms with van der Waals surface area (Å²) in [5.74, 6) is -1.80. The minimum Gasteiger partial charge on any atom is -0.346 e. The maximum Gasteiger partial charge on any atom is 0.270 e. The van der Waals surface area contributed by atoms with Crippen molar-refractivity contribution in [1.29, 1.82) is 0 Å². The predicted molar refractivity (Wildman–Crippen MR) is 82.2 cm³/mol. The number of nitrogens with zero attached hydrogens (tertiary/aromatic N) is 2. The average molecular weight is 315 g/mol. The normalized spacial score (nSPS) is 11.0. The molecular weight excluding hydrogens is 300 g/mol. The van der Waals surface area contributed by atoms with Gasteiger partial charge in [0.1, 0.15) is 23.0 Å². The molecule has 2 aromatic heterocycles.